The first-order valence-electron chi connectivity index (χ1n) is 7.37. The van der Waals surface area contributed by atoms with Crippen molar-refractivity contribution in [2.45, 2.75) is 44.6 Å². The number of piperidine rings is 1. The van der Waals surface area contributed by atoms with Gasteiger partial charge in [-0.3, -0.25) is 4.79 Å². The lowest BCUT2D eigenvalue weighted by Gasteiger charge is -2.31. The van der Waals surface area contributed by atoms with Gasteiger partial charge in [0.2, 0.25) is 5.91 Å². The van der Waals surface area contributed by atoms with E-state index in [1.54, 1.807) is 0 Å². The van der Waals surface area contributed by atoms with Crippen molar-refractivity contribution >= 4 is 5.91 Å². The third-order valence-corrected chi connectivity index (χ3v) is 4.43. The standard InChI is InChI=1S/C14H27N3O/c1-17-8-2-3-11(10-17)9-16-14(18)12-4-6-13(15)7-5-12/h11-13H,2-10,15H2,1H3,(H,16,18). The Labute approximate surface area is 110 Å². The topological polar surface area (TPSA) is 58.4 Å². The van der Waals surface area contributed by atoms with Crippen molar-refractivity contribution in [1.82, 2.24) is 10.2 Å². The van der Waals surface area contributed by atoms with Gasteiger partial charge in [0.1, 0.15) is 0 Å². The first kappa shape index (κ1) is 13.8. The molecule has 0 bridgehead atoms. The van der Waals surface area contributed by atoms with Crippen molar-refractivity contribution in [3.05, 3.63) is 0 Å². The van der Waals surface area contributed by atoms with Gasteiger partial charge >= 0.3 is 0 Å². The highest BCUT2D eigenvalue weighted by atomic mass is 16.1. The van der Waals surface area contributed by atoms with Gasteiger partial charge in [0.05, 0.1) is 0 Å². The van der Waals surface area contributed by atoms with E-state index in [0.717, 1.165) is 38.8 Å². The molecule has 1 saturated heterocycles. The smallest absolute Gasteiger partial charge is 0.223 e. The van der Waals surface area contributed by atoms with Gasteiger partial charge in [-0.25, -0.2) is 0 Å². The summed E-state index contributed by atoms with van der Waals surface area (Å²) in [5, 5.41) is 3.15. The van der Waals surface area contributed by atoms with Crippen molar-refractivity contribution in [2.24, 2.45) is 17.6 Å². The van der Waals surface area contributed by atoms with Gasteiger partial charge < -0.3 is 16.0 Å². The number of hydrogen-bond donors (Lipinski definition) is 2. The van der Waals surface area contributed by atoms with E-state index in [9.17, 15) is 4.79 Å². The molecule has 3 N–H and O–H groups in total. The number of hydrogen-bond acceptors (Lipinski definition) is 3. The molecule has 0 aromatic carbocycles. The van der Waals surface area contributed by atoms with Crippen LogP contribution in [-0.2, 0) is 4.79 Å². The number of nitrogens with zero attached hydrogens (tertiary/aromatic N) is 1. The highest BCUT2D eigenvalue weighted by Gasteiger charge is 2.25. The molecular formula is C14H27N3O. The Balaban J connectivity index is 1.68. The van der Waals surface area contributed by atoms with E-state index < -0.39 is 0 Å². The molecule has 2 fully saturated rings. The summed E-state index contributed by atoms with van der Waals surface area (Å²) in [5.41, 5.74) is 5.87. The lowest BCUT2D eigenvalue weighted by Crippen LogP contribution is -2.42. The first-order valence-corrected chi connectivity index (χ1v) is 7.37. The summed E-state index contributed by atoms with van der Waals surface area (Å²) in [7, 11) is 2.16. The second-order valence-electron chi connectivity index (χ2n) is 6.13. The third kappa shape index (κ3) is 3.95. The zero-order chi connectivity index (χ0) is 13.0. The van der Waals surface area contributed by atoms with E-state index in [1.165, 1.54) is 19.4 Å². The minimum Gasteiger partial charge on any atom is -0.356 e. The van der Waals surface area contributed by atoms with Gasteiger partial charge in [0, 0.05) is 25.0 Å². The van der Waals surface area contributed by atoms with Gasteiger partial charge in [-0.05, 0) is 58.0 Å². The maximum absolute atomic E-state index is 12.1. The van der Waals surface area contributed by atoms with Crippen molar-refractivity contribution in [2.75, 3.05) is 26.7 Å². The Morgan fingerprint density at radius 3 is 2.67 bits per heavy atom. The average molecular weight is 253 g/mol. The molecule has 1 unspecified atom stereocenters. The van der Waals surface area contributed by atoms with E-state index >= 15 is 0 Å². The summed E-state index contributed by atoms with van der Waals surface area (Å²) in [6.45, 7) is 3.17. The van der Waals surface area contributed by atoms with Crippen LogP contribution < -0.4 is 11.1 Å². The Hall–Kier alpha value is -0.610. The van der Waals surface area contributed by atoms with Crippen molar-refractivity contribution in [1.29, 1.82) is 0 Å². The van der Waals surface area contributed by atoms with Crippen LogP contribution in [0.2, 0.25) is 0 Å². The fraction of sp³-hybridized carbons (Fsp3) is 0.929. The van der Waals surface area contributed by atoms with E-state index in [1.807, 2.05) is 0 Å². The van der Waals surface area contributed by atoms with Crippen LogP contribution in [0, 0.1) is 11.8 Å². The quantitative estimate of drug-likeness (QED) is 0.788. The Morgan fingerprint density at radius 1 is 1.28 bits per heavy atom. The lowest BCUT2D eigenvalue weighted by molar-refractivity contribution is -0.126. The maximum Gasteiger partial charge on any atom is 0.223 e. The SMILES string of the molecule is CN1CCCC(CNC(=O)C2CCC(N)CC2)C1. The van der Waals surface area contributed by atoms with Crippen LogP contribution in [-0.4, -0.2) is 43.5 Å². The van der Waals surface area contributed by atoms with E-state index in [2.05, 4.69) is 17.3 Å². The van der Waals surface area contributed by atoms with Crippen LogP contribution in [0.4, 0.5) is 0 Å². The van der Waals surface area contributed by atoms with Gasteiger partial charge in [-0.15, -0.1) is 0 Å². The largest absolute Gasteiger partial charge is 0.356 e. The van der Waals surface area contributed by atoms with E-state index in [0.29, 0.717) is 12.0 Å². The highest BCUT2D eigenvalue weighted by molar-refractivity contribution is 5.78. The molecule has 0 aromatic rings. The summed E-state index contributed by atoms with van der Waals surface area (Å²) >= 11 is 0. The molecule has 1 saturated carbocycles. The van der Waals surface area contributed by atoms with Gasteiger partial charge in [0.15, 0.2) is 0 Å². The van der Waals surface area contributed by atoms with Gasteiger partial charge in [0.25, 0.3) is 0 Å². The zero-order valence-corrected chi connectivity index (χ0v) is 11.5. The molecule has 1 aliphatic heterocycles. The molecule has 2 aliphatic rings. The molecule has 0 aromatic heterocycles. The maximum atomic E-state index is 12.1. The summed E-state index contributed by atoms with van der Waals surface area (Å²) in [5.74, 6) is 1.11. The minimum atomic E-state index is 0.214. The molecule has 1 aliphatic carbocycles. The Bertz CT molecular complexity index is 274. The fourth-order valence-corrected chi connectivity index (χ4v) is 3.21. The molecular weight excluding hydrogens is 226 g/mol. The van der Waals surface area contributed by atoms with Crippen molar-refractivity contribution in [3.63, 3.8) is 0 Å². The summed E-state index contributed by atoms with van der Waals surface area (Å²) in [4.78, 5) is 14.4. The second kappa shape index (κ2) is 6.53. The molecule has 1 heterocycles. The van der Waals surface area contributed by atoms with Crippen molar-refractivity contribution < 1.29 is 4.79 Å². The fourth-order valence-electron chi connectivity index (χ4n) is 3.21. The van der Waals surface area contributed by atoms with Crippen LogP contribution in [0.5, 0.6) is 0 Å². The van der Waals surface area contributed by atoms with Crippen LogP contribution in [0.25, 0.3) is 0 Å². The highest BCUT2D eigenvalue weighted by Crippen LogP contribution is 2.23. The molecule has 18 heavy (non-hydrogen) atoms. The molecule has 0 radical (unpaired) electrons. The number of amides is 1. The number of rotatable bonds is 3. The molecule has 4 nitrogen and oxygen atoms in total. The monoisotopic (exact) mass is 253 g/mol. The normalized spacial score (nSPS) is 34.2. The number of carbonyl (C=O) groups is 1. The molecule has 1 amide bonds. The molecule has 2 rings (SSSR count). The van der Waals surface area contributed by atoms with Crippen LogP contribution in [0.3, 0.4) is 0 Å². The number of carbonyl (C=O) groups excluding carboxylic acids is 1. The van der Waals surface area contributed by atoms with Crippen LogP contribution in [0.1, 0.15) is 38.5 Å². The molecule has 4 heteroatoms. The molecule has 104 valence electrons. The van der Waals surface area contributed by atoms with Gasteiger partial charge in [-0.1, -0.05) is 0 Å². The predicted molar refractivity (Wildman–Crippen MR) is 73.2 cm³/mol. The van der Waals surface area contributed by atoms with E-state index in [4.69, 9.17) is 5.73 Å². The number of likely N-dealkylation sites (tertiary alicyclic amines) is 1. The van der Waals surface area contributed by atoms with Crippen LogP contribution in [0.15, 0.2) is 0 Å². The van der Waals surface area contributed by atoms with Crippen LogP contribution >= 0.6 is 0 Å². The van der Waals surface area contributed by atoms with Crippen molar-refractivity contribution in [3.8, 4) is 0 Å². The third-order valence-electron chi connectivity index (χ3n) is 4.43. The predicted octanol–water partition coefficient (Wildman–Crippen LogP) is 0.962. The van der Waals surface area contributed by atoms with Gasteiger partial charge in [-0.2, -0.15) is 0 Å². The summed E-state index contributed by atoms with van der Waals surface area (Å²) < 4.78 is 0. The molecule has 0 spiro atoms. The first-order chi connectivity index (χ1) is 8.65. The average Bonchev–Trinajstić information content (AvgIpc) is 2.37. The Morgan fingerprint density at radius 2 is 2.00 bits per heavy atom. The number of nitrogens with two attached hydrogens (primary N) is 1. The number of nitrogens with one attached hydrogen (secondary N) is 1. The Kier molecular flexibility index (Phi) is 5.01. The lowest BCUT2D eigenvalue weighted by atomic mass is 9.86. The van der Waals surface area contributed by atoms with E-state index in [-0.39, 0.29) is 11.8 Å². The zero-order valence-electron chi connectivity index (χ0n) is 11.5. The summed E-state index contributed by atoms with van der Waals surface area (Å²) in [6.07, 6.45) is 6.46. The minimum absolute atomic E-state index is 0.214. The summed E-state index contributed by atoms with van der Waals surface area (Å²) in [6, 6.07) is 0.320. The second-order valence-corrected chi connectivity index (χ2v) is 6.13. The molecule has 1 atom stereocenters.